The van der Waals surface area contributed by atoms with Crippen molar-refractivity contribution in [3.05, 3.63) is 101 Å². The SMILES string of the molecule is CCOC(=O)C1=C(C)N=c2s/c(=C/c3ccc4c(c3)n(C)c(=O)n4C)c(=O)n2C1c1ccccc1. The molecule has 0 radical (unpaired) electrons. The molecule has 0 N–H and O–H groups in total. The van der Waals surface area contributed by atoms with Crippen molar-refractivity contribution in [2.45, 2.75) is 19.9 Å². The van der Waals surface area contributed by atoms with E-state index in [4.69, 9.17) is 4.74 Å². The molecular weight excluding hydrogens is 464 g/mol. The fourth-order valence-corrected chi connectivity index (χ4v) is 5.55. The topological polar surface area (TPSA) is 87.6 Å². The Kier molecular flexibility index (Phi) is 5.64. The van der Waals surface area contributed by atoms with Crippen LogP contribution in [0.25, 0.3) is 17.1 Å². The monoisotopic (exact) mass is 488 g/mol. The van der Waals surface area contributed by atoms with Crippen LogP contribution >= 0.6 is 11.3 Å². The number of aromatic nitrogens is 3. The van der Waals surface area contributed by atoms with Crippen molar-refractivity contribution in [2.75, 3.05) is 6.61 Å². The van der Waals surface area contributed by atoms with E-state index in [-0.39, 0.29) is 17.9 Å². The minimum Gasteiger partial charge on any atom is -0.463 e. The number of ether oxygens (including phenoxy) is 1. The van der Waals surface area contributed by atoms with Gasteiger partial charge in [-0.3, -0.25) is 18.5 Å². The fourth-order valence-electron chi connectivity index (χ4n) is 4.51. The molecule has 1 aliphatic rings. The smallest absolute Gasteiger partial charge is 0.338 e. The van der Waals surface area contributed by atoms with E-state index in [1.165, 1.54) is 11.3 Å². The summed E-state index contributed by atoms with van der Waals surface area (Å²) in [6.07, 6.45) is 1.80. The first-order chi connectivity index (χ1) is 16.8. The van der Waals surface area contributed by atoms with Crippen LogP contribution in [0.15, 0.2) is 74.4 Å². The van der Waals surface area contributed by atoms with Crippen LogP contribution in [0.2, 0.25) is 0 Å². The second kappa shape index (κ2) is 8.66. The van der Waals surface area contributed by atoms with Crippen molar-refractivity contribution in [3.63, 3.8) is 0 Å². The summed E-state index contributed by atoms with van der Waals surface area (Å²) in [6.45, 7) is 3.75. The zero-order valence-corrected chi connectivity index (χ0v) is 20.6. The summed E-state index contributed by atoms with van der Waals surface area (Å²) in [6, 6.07) is 14.4. The number of esters is 1. The summed E-state index contributed by atoms with van der Waals surface area (Å²) >= 11 is 1.27. The molecule has 2 aromatic heterocycles. The van der Waals surface area contributed by atoms with Gasteiger partial charge in [-0.15, -0.1) is 0 Å². The molecule has 9 heteroatoms. The lowest BCUT2D eigenvalue weighted by Crippen LogP contribution is -2.39. The third kappa shape index (κ3) is 3.68. The molecule has 5 rings (SSSR count). The lowest BCUT2D eigenvalue weighted by atomic mass is 9.96. The average molecular weight is 489 g/mol. The number of hydrogen-bond donors (Lipinski definition) is 0. The summed E-state index contributed by atoms with van der Waals surface area (Å²) in [4.78, 5) is 44.0. The molecule has 1 unspecified atom stereocenters. The summed E-state index contributed by atoms with van der Waals surface area (Å²) in [5, 5.41) is 0. The first-order valence-electron chi connectivity index (χ1n) is 11.2. The van der Waals surface area contributed by atoms with Gasteiger partial charge >= 0.3 is 11.7 Å². The van der Waals surface area contributed by atoms with Gasteiger partial charge in [0.2, 0.25) is 0 Å². The minimum absolute atomic E-state index is 0.110. The van der Waals surface area contributed by atoms with E-state index in [1.54, 1.807) is 47.7 Å². The van der Waals surface area contributed by atoms with Crippen LogP contribution in [0.4, 0.5) is 0 Å². The quantitative estimate of drug-likeness (QED) is 0.411. The Balaban J connectivity index is 1.72. The summed E-state index contributed by atoms with van der Waals surface area (Å²) in [5.41, 5.74) is 3.74. The van der Waals surface area contributed by atoms with E-state index >= 15 is 0 Å². The number of benzene rings is 2. The molecular formula is C26H24N4O4S. The van der Waals surface area contributed by atoms with Crippen molar-refractivity contribution in [1.29, 1.82) is 0 Å². The van der Waals surface area contributed by atoms with E-state index in [0.717, 1.165) is 22.2 Å². The molecule has 0 saturated carbocycles. The highest BCUT2D eigenvalue weighted by molar-refractivity contribution is 7.07. The Bertz CT molecular complexity index is 1750. The largest absolute Gasteiger partial charge is 0.463 e. The normalized spacial score (nSPS) is 15.9. The molecule has 0 spiro atoms. The Morgan fingerprint density at radius 2 is 1.80 bits per heavy atom. The number of carbonyl (C=O) groups excluding carboxylic acids is 1. The van der Waals surface area contributed by atoms with Crippen LogP contribution in [0.1, 0.15) is 31.0 Å². The van der Waals surface area contributed by atoms with E-state index in [2.05, 4.69) is 4.99 Å². The van der Waals surface area contributed by atoms with Gasteiger partial charge < -0.3 is 4.74 Å². The summed E-state index contributed by atoms with van der Waals surface area (Å²) in [7, 11) is 3.46. The molecule has 0 saturated heterocycles. The second-order valence-electron chi connectivity index (χ2n) is 8.36. The molecule has 0 aliphatic carbocycles. The van der Waals surface area contributed by atoms with Crippen LogP contribution in [0.3, 0.4) is 0 Å². The Morgan fingerprint density at radius 3 is 2.51 bits per heavy atom. The van der Waals surface area contributed by atoms with Gasteiger partial charge in [0.15, 0.2) is 4.80 Å². The predicted octanol–water partition coefficient (Wildman–Crippen LogP) is 1.99. The van der Waals surface area contributed by atoms with Crippen LogP contribution in [0, 0.1) is 0 Å². The maximum atomic E-state index is 13.7. The van der Waals surface area contributed by atoms with E-state index < -0.39 is 12.0 Å². The van der Waals surface area contributed by atoms with Crippen molar-refractivity contribution < 1.29 is 9.53 Å². The van der Waals surface area contributed by atoms with Gasteiger partial charge in [0, 0.05) is 14.1 Å². The lowest BCUT2D eigenvalue weighted by molar-refractivity contribution is -0.139. The van der Waals surface area contributed by atoms with Crippen LogP contribution in [-0.2, 0) is 23.6 Å². The Hall–Kier alpha value is -3.98. The van der Waals surface area contributed by atoms with Crippen molar-refractivity contribution in [3.8, 4) is 0 Å². The number of thiazole rings is 1. The van der Waals surface area contributed by atoms with Gasteiger partial charge in [-0.05, 0) is 43.2 Å². The molecule has 35 heavy (non-hydrogen) atoms. The summed E-state index contributed by atoms with van der Waals surface area (Å²) < 4.78 is 10.6. The zero-order chi connectivity index (χ0) is 24.9. The highest BCUT2D eigenvalue weighted by Gasteiger charge is 2.33. The second-order valence-corrected chi connectivity index (χ2v) is 9.37. The number of nitrogens with zero attached hydrogens (tertiary/aromatic N) is 4. The zero-order valence-electron chi connectivity index (χ0n) is 19.8. The fraction of sp³-hybridized carbons (Fsp3) is 0.231. The minimum atomic E-state index is -0.633. The molecule has 0 amide bonds. The third-order valence-corrected chi connectivity index (χ3v) is 7.21. The van der Waals surface area contributed by atoms with Crippen LogP contribution in [-0.4, -0.2) is 26.3 Å². The highest BCUT2D eigenvalue weighted by atomic mass is 32.1. The molecule has 8 nitrogen and oxygen atoms in total. The molecule has 2 aromatic carbocycles. The number of aryl methyl sites for hydroxylation is 2. The van der Waals surface area contributed by atoms with E-state index in [1.807, 2.05) is 48.5 Å². The van der Waals surface area contributed by atoms with Gasteiger partial charge in [0.1, 0.15) is 0 Å². The highest BCUT2D eigenvalue weighted by Crippen LogP contribution is 2.30. The maximum absolute atomic E-state index is 13.7. The van der Waals surface area contributed by atoms with Crippen molar-refractivity contribution >= 4 is 34.4 Å². The van der Waals surface area contributed by atoms with Gasteiger partial charge in [-0.2, -0.15) is 0 Å². The molecule has 1 aliphatic heterocycles. The average Bonchev–Trinajstić information content (AvgIpc) is 3.26. The number of allylic oxidation sites excluding steroid dienone is 1. The maximum Gasteiger partial charge on any atom is 0.338 e. The molecule has 1 atom stereocenters. The number of carbonyl (C=O) groups is 1. The van der Waals surface area contributed by atoms with Gasteiger partial charge in [-0.1, -0.05) is 47.7 Å². The molecule has 4 aromatic rings. The molecule has 178 valence electrons. The van der Waals surface area contributed by atoms with Gasteiger partial charge in [0.25, 0.3) is 5.56 Å². The lowest BCUT2D eigenvalue weighted by Gasteiger charge is -2.24. The van der Waals surface area contributed by atoms with Crippen molar-refractivity contribution in [1.82, 2.24) is 13.7 Å². The first-order valence-corrected chi connectivity index (χ1v) is 12.0. The Morgan fingerprint density at radius 1 is 1.09 bits per heavy atom. The van der Waals surface area contributed by atoms with Crippen LogP contribution < -0.4 is 20.6 Å². The van der Waals surface area contributed by atoms with E-state index in [9.17, 15) is 14.4 Å². The number of hydrogen-bond acceptors (Lipinski definition) is 6. The van der Waals surface area contributed by atoms with Gasteiger partial charge in [-0.25, -0.2) is 14.6 Å². The first kappa shape index (κ1) is 22.8. The van der Waals surface area contributed by atoms with Crippen molar-refractivity contribution in [2.24, 2.45) is 19.1 Å². The standard InChI is InChI=1S/C26H24N4O4S/c1-5-34-24(32)21-15(2)27-25-30(22(21)17-9-7-6-8-10-17)23(31)20(35-25)14-16-11-12-18-19(13-16)29(4)26(33)28(18)3/h6-14,22H,5H2,1-4H3/b20-14+. The third-order valence-electron chi connectivity index (χ3n) is 6.23. The van der Waals surface area contributed by atoms with E-state index in [0.29, 0.717) is 20.6 Å². The molecule has 0 fully saturated rings. The van der Waals surface area contributed by atoms with Gasteiger partial charge in [0.05, 0.1) is 39.5 Å². The molecule has 0 bridgehead atoms. The number of imidazole rings is 1. The summed E-state index contributed by atoms with van der Waals surface area (Å²) in [5.74, 6) is -0.479. The predicted molar refractivity (Wildman–Crippen MR) is 135 cm³/mol. The Labute approximate surface area is 204 Å². The number of rotatable bonds is 4. The van der Waals surface area contributed by atoms with Crippen LogP contribution in [0.5, 0.6) is 0 Å². The molecule has 3 heterocycles. The number of fused-ring (bicyclic) bond motifs is 2.